The zero-order valence-electron chi connectivity index (χ0n) is 17.3. The standard InChI is InChI=1S/C19H26N4O7/c1-8-13(21-5-11(27-2)28-3)16(25)12-9(7-30-18(20)26)19(29-4)17-10(22-17)6-23(19)14(12)15(8)24/h9-11,17,21-22H,5-7H2,1-4H3,(H2,20,26). The molecule has 0 aromatic rings. The summed E-state index contributed by atoms with van der Waals surface area (Å²) >= 11 is 0. The zero-order valence-corrected chi connectivity index (χ0v) is 17.3. The Kier molecular flexibility index (Phi) is 5.09. The zero-order chi connectivity index (χ0) is 21.8. The van der Waals surface area contributed by atoms with Crippen molar-refractivity contribution < 1.29 is 33.3 Å². The molecule has 2 fully saturated rings. The quantitative estimate of drug-likeness (QED) is 0.242. The average molecular weight is 422 g/mol. The van der Waals surface area contributed by atoms with Gasteiger partial charge in [0.15, 0.2) is 12.0 Å². The monoisotopic (exact) mass is 422 g/mol. The highest BCUT2D eigenvalue weighted by Crippen LogP contribution is 2.55. The van der Waals surface area contributed by atoms with E-state index < -0.39 is 24.0 Å². The van der Waals surface area contributed by atoms with Crippen LogP contribution in [0.3, 0.4) is 0 Å². The number of hydrogen-bond acceptors (Lipinski definition) is 10. The maximum atomic E-state index is 13.5. The van der Waals surface area contributed by atoms with Gasteiger partial charge in [0.05, 0.1) is 29.9 Å². The van der Waals surface area contributed by atoms with Crippen molar-refractivity contribution in [3.63, 3.8) is 0 Å². The highest BCUT2D eigenvalue weighted by molar-refractivity contribution is 6.25. The summed E-state index contributed by atoms with van der Waals surface area (Å²) in [7, 11) is 4.49. The molecule has 0 aromatic heterocycles. The van der Waals surface area contributed by atoms with Crippen molar-refractivity contribution in [3.05, 3.63) is 22.5 Å². The van der Waals surface area contributed by atoms with E-state index in [1.807, 2.05) is 4.90 Å². The lowest BCUT2D eigenvalue weighted by Gasteiger charge is -2.39. The van der Waals surface area contributed by atoms with Crippen LogP contribution in [-0.4, -0.2) is 87.7 Å². The normalized spacial score (nSPS) is 31.9. The Bertz CT molecular complexity index is 865. The third kappa shape index (κ3) is 2.77. The Morgan fingerprint density at radius 1 is 1.30 bits per heavy atom. The van der Waals surface area contributed by atoms with E-state index in [-0.39, 0.29) is 48.1 Å². The number of fused-ring (bicyclic) bond motifs is 4. The number of hydrogen-bond donors (Lipinski definition) is 3. The van der Waals surface area contributed by atoms with Gasteiger partial charge in [-0.25, -0.2) is 4.79 Å². The van der Waals surface area contributed by atoms with Gasteiger partial charge in [-0.3, -0.25) is 9.59 Å². The van der Waals surface area contributed by atoms with E-state index in [4.69, 9.17) is 24.7 Å². The average Bonchev–Trinajstić information content (AvgIpc) is 3.33. The molecule has 4 atom stereocenters. The first kappa shape index (κ1) is 20.8. The molecule has 11 nitrogen and oxygen atoms in total. The van der Waals surface area contributed by atoms with Crippen LogP contribution >= 0.6 is 0 Å². The van der Waals surface area contributed by atoms with Crippen molar-refractivity contribution in [2.24, 2.45) is 11.7 Å². The van der Waals surface area contributed by atoms with Crippen LogP contribution in [0, 0.1) is 5.92 Å². The molecule has 3 heterocycles. The van der Waals surface area contributed by atoms with E-state index in [1.165, 1.54) is 21.3 Å². The second kappa shape index (κ2) is 7.34. The van der Waals surface area contributed by atoms with Crippen molar-refractivity contribution in [3.8, 4) is 0 Å². The maximum absolute atomic E-state index is 13.5. The summed E-state index contributed by atoms with van der Waals surface area (Å²) in [4.78, 5) is 40.0. The second-order valence-electron chi connectivity index (χ2n) is 7.70. The predicted molar refractivity (Wildman–Crippen MR) is 102 cm³/mol. The maximum Gasteiger partial charge on any atom is 0.404 e. The van der Waals surface area contributed by atoms with Gasteiger partial charge in [0.1, 0.15) is 6.61 Å². The lowest BCUT2D eigenvalue weighted by atomic mass is 9.82. The third-order valence-corrected chi connectivity index (χ3v) is 6.40. The van der Waals surface area contributed by atoms with Gasteiger partial charge < -0.3 is 40.2 Å². The molecule has 3 aliphatic heterocycles. The number of Topliss-reactive ketones (excluding diaryl/α,β-unsaturated/α-hetero) is 2. The Labute approximate surface area is 173 Å². The molecule has 0 bridgehead atoms. The van der Waals surface area contributed by atoms with Crippen LogP contribution in [0.4, 0.5) is 4.79 Å². The van der Waals surface area contributed by atoms with Gasteiger partial charge in [0.2, 0.25) is 11.6 Å². The fourth-order valence-electron chi connectivity index (χ4n) is 4.95. The largest absolute Gasteiger partial charge is 0.449 e. The molecule has 11 heteroatoms. The van der Waals surface area contributed by atoms with E-state index in [9.17, 15) is 14.4 Å². The van der Waals surface area contributed by atoms with E-state index in [2.05, 4.69) is 10.6 Å². The number of nitrogens with two attached hydrogens (primary N) is 1. The van der Waals surface area contributed by atoms with Crippen molar-refractivity contribution >= 4 is 17.7 Å². The van der Waals surface area contributed by atoms with Crippen molar-refractivity contribution in [1.82, 2.24) is 15.5 Å². The SMILES string of the molecule is COC(CNC1=C(C)C(=O)C2=C(C1=O)C(COC(N)=O)C1(OC)C3NC3CN21)OC. The molecule has 4 N–H and O–H groups in total. The summed E-state index contributed by atoms with van der Waals surface area (Å²) in [5.41, 5.74) is 5.25. The summed E-state index contributed by atoms with van der Waals surface area (Å²) < 4.78 is 21.3. The van der Waals surface area contributed by atoms with Gasteiger partial charge in [-0.2, -0.15) is 0 Å². The van der Waals surface area contributed by atoms with Gasteiger partial charge in [0, 0.05) is 45.1 Å². The third-order valence-electron chi connectivity index (χ3n) is 6.40. The van der Waals surface area contributed by atoms with E-state index in [1.54, 1.807) is 6.92 Å². The Morgan fingerprint density at radius 2 is 2.00 bits per heavy atom. The van der Waals surface area contributed by atoms with Gasteiger partial charge in [-0.1, -0.05) is 0 Å². The molecular weight excluding hydrogens is 396 g/mol. The molecule has 4 unspecified atom stereocenters. The molecule has 4 rings (SSSR count). The molecule has 30 heavy (non-hydrogen) atoms. The molecule has 4 aliphatic rings. The highest BCUT2D eigenvalue weighted by Gasteiger charge is 2.72. The lowest BCUT2D eigenvalue weighted by Crippen LogP contribution is -2.55. The number of methoxy groups -OCH3 is 3. The van der Waals surface area contributed by atoms with Gasteiger partial charge in [-0.15, -0.1) is 0 Å². The first-order chi connectivity index (χ1) is 14.3. The number of carbonyl (C=O) groups excluding carboxylic acids is 3. The highest BCUT2D eigenvalue weighted by atomic mass is 16.7. The van der Waals surface area contributed by atoms with Crippen LogP contribution in [0.2, 0.25) is 0 Å². The Hall–Kier alpha value is -2.47. The first-order valence-electron chi connectivity index (χ1n) is 9.66. The minimum Gasteiger partial charge on any atom is -0.449 e. The number of piperazine rings is 1. The summed E-state index contributed by atoms with van der Waals surface area (Å²) in [6.07, 6.45) is -1.55. The summed E-state index contributed by atoms with van der Waals surface area (Å²) in [6.45, 7) is 2.13. The fourth-order valence-corrected chi connectivity index (χ4v) is 4.95. The Morgan fingerprint density at radius 3 is 2.60 bits per heavy atom. The van der Waals surface area contributed by atoms with Crippen LogP contribution in [0.15, 0.2) is 22.5 Å². The van der Waals surface area contributed by atoms with Crippen molar-refractivity contribution in [1.29, 1.82) is 0 Å². The second-order valence-corrected chi connectivity index (χ2v) is 7.70. The number of allylic oxidation sites excluding steroid dienone is 2. The molecule has 164 valence electrons. The van der Waals surface area contributed by atoms with Crippen LogP contribution in [0.25, 0.3) is 0 Å². The minimum absolute atomic E-state index is 0.0849. The summed E-state index contributed by atoms with van der Waals surface area (Å²) in [6, 6.07) is 0.0595. The molecule has 1 amide bonds. The number of ether oxygens (including phenoxy) is 4. The number of primary amides is 1. The van der Waals surface area contributed by atoms with Crippen LogP contribution in [-0.2, 0) is 28.5 Å². The summed E-state index contributed by atoms with van der Waals surface area (Å²) in [5, 5.41) is 6.30. The number of amides is 1. The number of nitrogens with one attached hydrogen (secondary N) is 2. The molecular formula is C19H26N4O7. The van der Waals surface area contributed by atoms with Gasteiger partial charge in [-0.05, 0) is 6.92 Å². The van der Waals surface area contributed by atoms with Crippen LogP contribution < -0.4 is 16.4 Å². The lowest BCUT2D eigenvalue weighted by molar-refractivity contribution is -0.137. The molecule has 2 saturated heterocycles. The molecule has 0 spiro atoms. The smallest absolute Gasteiger partial charge is 0.404 e. The topological polar surface area (TPSA) is 151 Å². The number of ketones is 2. The molecule has 1 aliphatic carbocycles. The molecule has 0 saturated carbocycles. The molecule has 0 radical (unpaired) electrons. The van der Waals surface area contributed by atoms with Crippen molar-refractivity contribution in [2.45, 2.75) is 31.0 Å². The predicted octanol–water partition coefficient (Wildman–Crippen LogP) is -1.40. The Balaban J connectivity index is 1.71. The van der Waals surface area contributed by atoms with Crippen LogP contribution in [0.5, 0.6) is 0 Å². The first-order valence-corrected chi connectivity index (χ1v) is 9.66. The number of rotatable bonds is 8. The van der Waals surface area contributed by atoms with Gasteiger partial charge in [0.25, 0.3) is 0 Å². The summed E-state index contributed by atoms with van der Waals surface area (Å²) in [5.74, 6) is -1.27. The minimum atomic E-state index is -0.993. The van der Waals surface area contributed by atoms with E-state index in [0.29, 0.717) is 17.8 Å². The fraction of sp³-hybridized carbons (Fsp3) is 0.632. The van der Waals surface area contributed by atoms with Crippen LogP contribution in [0.1, 0.15) is 6.92 Å². The van der Waals surface area contributed by atoms with E-state index in [0.717, 1.165) is 0 Å². The van der Waals surface area contributed by atoms with Gasteiger partial charge >= 0.3 is 6.09 Å². The van der Waals surface area contributed by atoms with Crippen molar-refractivity contribution in [2.75, 3.05) is 41.0 Å². The number of nitrogens with zero attached hydrogens (tertiary/aromatic N) is 1. The molecule has 0 aromatic carbocycles. The van der Waals surface area contributed by atoms with E-state index >= 15 is 0 Å². The number of carbonyl (C=O) groups is 3.